The number of aliphatic hydroxyl groups excluding tert-OH is 3. The number of aliphatic hydroxyl groups is 3. The summed E-state index contributed by atoms with van der Waals surface area (Å²) >= 11 is 0. The van der Waals surface area contributed by atoms with Crippen LogP contribution >= 0.6 is 0 Å². The molecule has 0 unspecified atom stereocenters. The Balaban J connectivity index is 1.80. The van der Waals surface area contributed by atoms with Crippen molar-refractivity contribution >= 4 is 16.9 Å². The van der Waals surface area contributed by atoms with Gasteiger partial charge in [0.25, 0.3) is 0 Å². The second-order valence-corrected chi connectivity index (χ2v) is 7.33. The molecule has 2 heterocycles. The van der Waals surface area contributed by atoms with E-state index in [0.29, 0.717) is 0 Å². The average molecular weight is 462 g/mol. The second-order valence-electron chi connectivity index (χ2n) is 7.33. The highest BCUT2D eigenvalue weighted by atomic mass is 16.7. The molecule has 1 aliphatic rings. The minimum absolute atomic E-state index is 0.0623. The summed E-state index contributed by atoms with van der Waals surface area (Å²) in [4.78, 5) is 24.2. The van der Waals surface area contributed by atoms with Gasteiger partial charge in [-0.1, -0.05) is 0 Å². The molecule has 4 rings (SSSR count). The second kappa shape index (κ2) is 8.26. The summed E-state index contributed by atoms with van der Waals surface area (Å²) in [6.07, 6.45) is -9.67. The Morgan fingerprint density at radius 2 is 1.58 bits per heavy atom. The van der Waals surface area contributed by atoms with E-state index in [-0.39, 0.29) is 28.0 Å². The van der Waals surface area contributed by atoms with Gasteiger partial charge >= 0.3 is 5.97 Å². The van der Waals surface area contributed by atoms with Gasteiger partial charge in [-0.15, -0.1) is 0 Å². The summed E-state index contributed by atoms with van der Waals surface area (Å²) in [5.41, 5.74) is -0.992. The van der Waals surface area contributed by atoms with Gasteiger partial charge < -0.3 is 49.6 Å². The number of carboxylic acids is 1. The summed E-state index contributed by atoms with van der Waals surface area (Å²) < 4.78 is 16.0. The van der Waals surface area contributed by atoms with Gasteiger partial charge in [0.15, 0.2) is 11.9 Å². The van der Waals surface area contributed by atoms with Gasteiger partial charge in [-0.25, -0.2) is 4.79 Å². The lowest BCUT2D eigenvalue weighted by Gasteiger charge is -2.38. The average Bonchev–Trinajstić information content (AvgIpc) is 2.76. The van der Waals surface area contributed by atoms with Crippen molar-refractivity contribution in [3.05, 3.63) is 46.6 Å². The van der Waals surface area contributed by atoms with E-state index in [1.165, 1.54) is 24.3 Å². The number of rotatable bonds is 4. The third-order valence-corrected chi connectivity index (χ3v) is 5.11. The van der Waals surface area contributed by atoms with Gasteiger partial charge in [0.2, 0.25) is 17.5 Å². The highest BCUT2D eigenvalue weighted by Gasteiger charge is 2.48. The van der Waals surface area contributed by atoms with Crippen molar-refractivity contribution in [3.63, 3.8) is 0 Å². The summed E-state index contributed by atoms with van der Waals surface area (Å²) in [7, 11) is 0. The van der Waals surface area contributed by atoms with Crippen molar-refractivity contribution in [1.82, 2.24) is 0 Å². The Morgan fingerprint density at radius 3 is 2.21 bits per heavy atom. The maximum atomic E-state index is 12.9. The largest absolute Gasteiger partial charge is 0.508 e. The van der Waals surface area contributed by atoms with Crippen molar-refractivity contribution in [3.8, 4) is 34.3 Å². The number of ether oxygens (including phenoxy) is 2. The molecule has 0 radical (unpaired) electrons. The lowest BCUT2D eigenvalue weighted by Crippen LogP contribution is -2.61. The van der Waals surface area contributed by atoms with Crippen LogP contribution in [0.5, 0.6) is 23.0 Å². The lowest BCUT2D eigenvalue weighted by molar-refractivity contribution is -0.270. The minimum atomic E-state index is -1.96. The van der Waals surface area contributed by atoms with Gasteiger partial charge in [0, 0.05) is 17.7 Å². The number of hydrogen-bond donors (Lipinski definition) is 7. The number of hydrogen-bond acceptors (Lipinski definition) is 11. The van der Waals surface area contributed by atoms with Gasteiger partial charge in [-0.2, -0.15) is 0 Å². The van der Waals surface area contributed by atoms with Gasteiger partial charge in [-0.3, -0.25) is 4.79 Å². The molecule has 1 fully saturated rings. The van der Waals surface area contributed by atoms with Crippen LogP contribution in [0.3, 0.4) is 0 Å². The van der Waals surface area contributed by atoms with Crippen LogP contribution in [0.25, 0.3) is 22.3 Å². The molecule has 12 heteroatoms. The first-order valence-corrected chi connectivity index (χ1v) is 9.49. The zero-order valence-electron chi connectivity index (χ0n) is 16.5. The van der Waals surface area contributed by atoms with E-state index in [2.05, 4.69) is 0 Å². The normalized spacial score (nSPS) is 25.1. The fraction of sp³-hybridized carbons (Fsp3) is 0.238. The summed E-state index contributed by atoms with van der Waals surface area (Å²) in [6.45, 7) is 0. The Bertz CT molecular complexity index is 1260. The summed E-state index contributed by atoms with van der Waals surface area (Å²) in [6, 6.07) is 7.35. The molecule has 33 heavy (non-hydrogen) atoms. The zero-order chi connectivity index (χ0) is 24.0. The van der Waals surface area contributed by atoms with E-state index < -0.39 is 59.4 Å². The Morgan fingerprint density at radius 1 is 0.909 bits per heavy atom. The standard InChI is InChI=1S/C21H18O12/c22-8-3-1-7(2-4-8)18-15(26)13(24)12-10(31-18)5-9(23)6-11(12)32-21-17(28)14(25)16(27)19(33-21)20(29)30/h1-6,14,16-17,19,21-23,25-28H,(H,29,30)/t14-,16-,17+,19-,21+/m0/s1. The van der Waals surface area contributed by atoms with Crippen molar-refractivity contribution in [2.24, 2.45) is 0 Å². The molecule has 7 N–H and O–H groups in total. The van der Waals surface area contributed by atoms with Crippen LogP contribution in [0.4, 0.5) is 0 Å². The maximum Gasteiger partial charge on any atom is 0.335 e. The van der Waals surface area contributed by atoms with E-state index >= 15 is 0 Å². The van der Waals surface area contributed by atoms with Crippen LogP contribution in [0, 0.1) is 0 Å². The molecule has 5 atom stereocenters. The zero-order valence-corrected chi connectivity index (χ0v) is 16.5. The van der Waals surface area contributed by atoms with E-state index in [1.807, 2.05) is 0 Å². The summed E-state index contributed by atoms with van der Waals surface area (Å²) in [5.74, 6) is -3.70. The fourth-order valence-electron chi connectivity index (χ4n) is 3.44. The molecule has 0 amide bonds. The Kier molecular flexibility index (Phi) is 5.59. The molecule has 1 aromatic heterocycles. The lowest BCUT2D eigenvalue weighted by atomic mass is 9.99. The number of phenolic OH excluding ortho intramolecular Hbond substituents is 2. The molecule has 2 aromatic carbocycles. The molecular formula is C21H18O12. The minimum Gasteiger partial charge on any atom is -0.508 e. The fourth-order valence-corrected chi connectivity index (χ4v) is 3.44. The first kappa shape index (κ1) is 22.4. The highest BCUT2D eigenvalue weighted by Crippen LogP contribution is 2.37. The monoisotopic (exact) mass is 462 g/mol. The third kappa shape index (κ3) is 3.91. The number of fused-ring (bicyclic) bond motifs is 1. The first-order valence-electron chi connectivity index (χ1n) is 9.49. The van der Waals surface area contributed by atoms with Crippen molar-refractivity contribution in [1.29, 1.82) is 0 Å². The number of aliphatic carboxylic acids is 1. The molecule has 0 aliphatic carbocycles. The van der Waals surface area contributed by atoms with E-state index in [4.69, 9.17) is 19.0 Å². The van der Waals surface area contributed by atoms with Crippen LogP contribution in [-0.4, -0.2) is 72.4 Å². The first-order chi connectivity index (χ1) is 15.6. The van der Waals surface area contributed by atoms with Gasteiger partial charge in [-0.05, 0) is 24.3 Å². The predicted octanol–water partition coefficient (Wildman–Crippen LogP) is -0.152. The Hall–Kier alpha value is -3.84. The number of benzene rings is 2. The quantitative estimate of drug-likeness (QED) is 0.270. The van der Waals surface area contributed by atoms with Crippen molar-refractivity contribution < 1.29 is 54.4 Å². The van der Waals surface area contributed by atoms with E-state index in [0.717, 1.165) is 12.1 Å². The number of aromatic hydroxyl groups is 3. The summed E-state index contributed by atoms with van der Waals surface area (Å²) in [5, 5.41) is 68.6. The predicted molar refractivity (Wildman–Crippen MR) is 108 cm³/mol. The molecule has 174 valence electrons. The number of carbonyl (C=O) groups is 1. The molecule has 0 bridgehead atoms. The SMILES string of the molecule is O=C(O)[C@H]1O[C@@H](Oc2cc(O)cc3oc(-c4ccc(O)cc4)c(O)c(=O)c23)[C@H](O)[C@@H](O)[C@@H]1O. The molecule has 12 nitrogen and oxygen atoms in total. The Labute approximate surface area is 183 Å². The van der Waals surface area contributed by atoms with Crippen LogP contribution in [0.1, 0.15) is 0 Å². The molecule has 1 saturated heterocycles. The number of phenols is 2. The molecular weight excluding hydrogens is 444 g/mol. The molecule has 1 aliphatic heterocycles. The smallest absolute Gasteiger partial charge is 0.335 e. The van der Waals surface area contributed by atoms with E-state index in [1.54, 1.807) is 0 Å². The van der Waals surface area contributed by atoms with Crippen molar-refractivity contribution in [2.75, 3.05) is 0 Å². The van der Waals surface area contributed by atoms with E-state index in [9.17, 15) is 40.2 Å². The van der Waals surface area contributed by atoms with Crippen LogP contribution in [-0.2, 0) is 9.53 Å². The molecule has 0 spiro atoms. The van der Waals surface area contributed by atoms with Crippen LogP contribution < -0.4 is 10.2 Å². The third-order valence-electron chi connectivity index (χ3n) is 5.11. The highest BCUT2D eigenvalue weighted by molar-refractivity contribution is 5.88. The topological polar surface area (TPSA) is 207 Å². The van der Waals surface area contributed by atoms with Gasteiger partial charge in [0.05, 0.1) is 0 Å². The van der Waals surface area contributed by atoms with Gasteiger partial charge in [0.1, 0.15) is 46.5 Å². The molecule has 3 aromatic rings. The van der Waals surface area contributed by atoms with Crippen LogP contribution in [0.15, 0.2) is 45.6 Å². The van der Waals surface area contributed by atoms with Crippen LogP contribution in [0.2, 0.25) is 0 Å². The van der Waals surface area contributed by atoms with Crippen molar-refractivity contribution in [2.45, 2.75) is 30.7 Å². The maximum absolute atomic E-state index is 12.9. The number of carboxylic acid groups (broad SMARTS) is 1. The molecule has 0 saturated carbocycles.